The number of benzene rings is 2. The molecule has 1 fully saturated rings. The van der Waals surface area contributed by atoms with E-state index in [1.807, 2.05) is 24.3 Å². The first-order chi connectivity index (χ1) is 11.7. The summed E-state index contributed by atoms with van der Waals surface area (Å²) >= 11 is 0. The Bertz CT molecular complexity index is 736. The first kappa shape index (κ1) is 16.4. The van der Waals surface area contributed by atoms with Gasteiger partial charge in [-0.15, -0.1) is 0 Å². The molecule has 122 valence electrons. The van der Waals surface area contributed by atoms with Crippen molar-refractivity contribution in [3.63, 3.8) is 0 Å². The maximum absolute atomic E-state index is 12.5. The molecular weight excluding hydrogens is 298 g/mol. The third-order valence-corrected chi connectivity index (χ3v) is 4.49. The van der Waals surface area contributed by atoms with Crippen LogP contribution in [0, 0.1) is 11.3 Å². The van der Waals surface area contributed by atoms with E-state index in [0.717, 1.165) is 32.7 Å². The van der Waals surface area contributed by atoms with Crippen LogP contribution in [-0.2, 0) is 6.54 Å². The van der Waals surface area contributed by atoms with Gasteiger partial charge < -0.3 is 4.90 Å². The summed E-state index contributed by atoms with van der Waals surface area (Å²) in [5, 5.41) is 8.82. The Kier molecular flexibility index (Phi) is 5.05. The zero-order chi connectivity index (χ0) is 16.9. The lowest BCUT2D eigenvalue weighted by atomic mass is 10.0. The number of hydrogen-bond donors (Lipinski definition) is 0. The highest BCUT2D eigenvalue weighted by Gasteiger charge is 2.14. The Morgan fingerprint density at radius 1 is 0.958 bits per heavy atom. The molecule has 1 aliphatic rings. The fourth-order valence-corrected chi connectivity index (χ4v) is 2.89. The Morgan fingerprint density at radius 2 is 1.50 bits per heavy atom. The van der Waals surface area contributed by atoms with E-state index in [-0.39, 0.29) is 5.78 Å². The van der Waals surface area contributed by atoms with Gasteiger partial charge >= 0.3 is 0 Å². The Labute approximate surface area is 142 Å². The lowest BCUT2D eigenvalue weighted by molar-refractivity contribution is 0.103. The maximum Gasteiger partial charge on any atom is 0.193 e. The van der Waals surface area contributed by atoms with Crippen LogP contribution >= 0.6 is 0 Å². The van der Waals surface area contributed by atoms with E-state index in [4.69, 9.17) is 5.26 Å². The van der Waals surface area contributed by atoms with Crippen LogP contribution in [0.2, 0.25) is 0 Å². The van der Waals surface area contributed by atoms with E-state index in [0.29, 0.717) is 16.7 Å². The van der Waals surface area contributed by atoms with Crippen molar-refractivity contribution in [3.8, 4) is 6.07 Å². The smallest absolute Gasteiger partial charge is 0.193 e. The van der Waals surface area contributed by atoms with Gasteiger partial charge in [-0.2, -0.15) is 5.26 Å². The van der Waals surface area contributed by atoms with E-state index >= 15 is 0 Å². The van der Waals surface area contributed by atoms with E-state index in [9.17, 15) is 4.79 Å². The van der Waals surface area contributed by atoms with E-state index in [1.54, 1.807) is 24.3 Å². The van der Waals surface area contributed by atoms with Crippen molar-refractivity contribution < 1.29 is 4.79 Å². The first-order valence-electron chi connectivity index (χ1n) is 8.20. The summed E-state index contributed by atoms with van der Waals surface area (Å²) in [6.45, 7) is 5.31. The van der Waals surface area contributed by atoms with E-state index in [2.05, 4.69) is 22.9 Å². The third kappa shape index (κ3) is 3.88. The fraction of sp³-hybridized carbons (Fsp3) is 0.300. The number of carbonyl (C=O) groups excluding carboxylic acids is 1. The number of piperazine rings is 1. The molecule has 1 aliphatic heterocycles. The Morgan fingerprint density at radius 3 is 2.04 bits per heavy atom. The monoisotopic (exact) mass is 319 g/mol. The summed E-state index contributed by atoms with van der Waals surface area (Å²) < 4.78 is 0. The van der Waals surface area contributed by atoms with Gasteiger partial charge in [0.05, 0.1) is 11.6 Å². The molecule has 0 saturated carbocycles. The number of ketones is 1. The van der Waals surface area contributed by atoms with Gasteiger partial charge in [0.2, 0.25) is 0 Å². The number of nitrogens with zero attached hydrogens (tertiary/aromatic N) is 3. The molecule has 4 nitrogen and oxygen atoms in total. The minimum Gasteiger partial charge on any atom is -0.304 e. The molecule has 24 heavy (non-hydrogen) atoms. The summed E-state index contributed by atoms with van der Waals surface area (Å²) in [6, 6.07) is 16.7. The zero-order valence-corrected chi connectivity index (χ0v) is 13.9. The molecule has 0 aliphatic carbocycles. The van der Waals surface area contributed by atoms with E-state index in [1.165, 1.54) is 5.56 Å². The summed E-state index contributed by atoms with van der Waals surface area (Å²) in [5.74, 6) is -0.00867. The molecule has 0 spiro atoms. The largest absolute Gasteiger partial charge is 0.304 e. The predicted octanol–water partition coefficient (Wildman–Crippen LogP) is 2.54. The van der Waals surface area contributed by atoms with Crippen molar-refractivity contribution in [2.24, 2.45) is 0 Å². The Hall–Kier alpha value is -2.48. The number of rotatable bonds is 4. The van der Waals surface area contributed by atoms with E-state index < -0.39 is 0 Å². The highest BCUT2D eigenvalue weighted by Crippen LogP contribution is 2.14. The normalized spacial score (nSPS) is 15.8. The molecule has 0 aromatic heterocycles. The molecule has 0 bridgehead atoms. The average Bonchev–Trinajstić information content (AvgIpc) is 2.64. The highest BCUT2D eigenvalue weighted by atomic mass is 16.1. The topological polar surface area (TPSA) is 47.3 Å². The van der Waals surface area contributed by atoms with Crippen molar-refractivity contribution in [2.45, 2.75) is 6.54 Å². The van der Waals surface area contributed by atoms with Crippen LogP contribution in [0.5, 0.6) is 0 Å². The van der Waals surface area contributed by atoms with Crippen molar-refractivity contribution in [1.29, 1.82) is 5.26 Å². The summed E-state index contributed by atoms with van der Waals surface area (Å²) in [4.78, 5) is 17.3. The molecule has 0 radical (unpaired) electrons. The Balaban J connectivity index is 1.65. The van der Waals surface area contributed by atoms with Crippen LogP contribution in [0.4, 0.5) is 0 Å². The molecule has 1 heterocycles. The van der Waals surface area contributed by atoms with Crippen molar-refractivity contribution >= 4 is 5.78 Å². The quantitative estimate of drug-likeness (QED) is 0.813. The standard InChI is InChI=1S/C20H21N3O/c1-22-10-12-23(13-11-22)15-17-4-8-19(9-5-17)20(24)18-6-2-16(14-21)3-7-18/h2-9H,10-13,15H2,1H3. The molecule has 2 aromatic rings. The van der Waals surface area contributed by atoms with Crippen molar-refractivity contribution in [3.05, 3.63) is 70.8 Å². The first-order valence-corrected chi connectivity index (χ1v) is 8.20. The summed E-state index contributed by atoms with van der Waals surface area (Å²) in [6.07, 6.45) is 0. The van der Waals surface area contributed by atoms with Gasteiger partial charge in [-0.3, -0.25) is 9.69 Å². The third-order valence-electron chi connectivity index (χ3n) is 4.49. The number of likely N-dealkylation sites (N-methyl/N-ethyl adjacent to an activating group) is 1. The fourth-order valence-electron chi connectivity index (χ4n) is 2.89. The average molecular weight is 319 g/mol. The minimum absolute atomic E-state index is 0.00867. The number of nitriles is 1. The maximum atomic E-state index is 12.5. The predicted molar refractivity (Wildman–Crippen MR) is 93.8 cm³/mol. The van der Waals surface area contributed by atoms with Crippen molar-refractivity contribution in [1.82, 2.24) is 9.80 Å². The minimum atomic E-state index is -0.00867. The molecule has 3 rings (SSSR count). The van der Waals surface area contributed by atoms with Crippen molar-refractivity contribution in [2.75, 3.05) is 33.2 Å². The summed E-state index contributed by atoms with van der Waals surface area (Å²) in [7, 11) is 2.15. The van der Waals surface area contributed by atoms with Gasteiger partial charge in [-0.25, -0.2) is 0 Å². The van der Waals surface area contributed by atoms with Crippen LogP contribution < -0.4 is 0 Å². The second-order valence-electron chi connectivity index (χ2n) is 6.29. The van der Waals surface area contributed by atoms with Crippen LogP contribution in [0.3, 0.4) is 0 Å². The van der Waals surface area contributed by atoms with Gasteiger partial charge in [-0.05, 0) is 36.9 Å². The zero-order valence-electron chi connectivity index (χ0n) is 13.9. The van der Waals surface area contributed by atoms with Crippen LogP contribution in [-0.4, -0.2) is 48.8 Å². The number of carbonyl (C=O) groups is 1. The molecular formula is C20H21N3O. The SMILES string of the molecule is CN1CCN(Cc2ccc(C(=O)c3ccc(C#N)cc3)cc2)CC1. The lowest BCUT2D eigenvalue weighted by Crippen LogP contribution is -2.43. The van der Waals surface area contributed by atoms with Gasteiger partial charge in [0.25, 0.3) is 0 Å². The van der Waals surface area contributed by atoms with Crippen LogP contribution in [0.1, 0.15) is 27.0 Å². The molecule has 0 atom stereocenters. The highest BCUT2D eigenvalue weighted by molar-refractivity contribution is 6.09. The molecule has 0 N–H and O–H groups in total. The second-order valence-corrected chi connectivity index (χ2v) is 6.29. The molecule has 2 aromatic carbocycles. The molecule has 1 saturated heterocycles. The van der Waals surface area contributed by atoms with Gasteiger partial charge in [0.1, 0.15) is 0 Å². The molecule has 4 heteroatoms. The van der Waals surface area contributed by atoms with Gasteiger partial charge in [0.15, 0.2) is 5.78 Å². The molecule has 0 amide bonds. The lowest BCUT2D eigenvalue weighted by Gasteiger charge is -2.32. The van der Waals surface area contributed by atoms with Gasteiger partial charge in [-0.1, -0.05) is 24.3 Å². The molecule has 0 unspecified atom stereocenters. The second kappa shape index (κ2) is 7.39. The van der Waals surface area contributed by atoms with Gasteiger partial charge in [0, 0.05) is 43.9 Å². The van der Waals surface area contributed by atoms with Crippen LogP contribution in [0.25, 0.3) is 0 Å². The number of hydrogen-bond acceptors (Lipinski definition) is 4. The summed E-state index contributed by atoms with van der Waals surface area (Å²) in [5.41, 5.74) is 3.09. The van der Waals surface area contributed by atoms with Crippen LogP contribution in [0.15, 0.2) is 48.5 Å².